The number of carbonyl (C=O) groups is 2. The first-order chi connectivity index (χ1) is 18.3. The van der Waals surface area contributed by atoms with E-state index in [2.05, 4.69) is 16.7 Å². The Morgan fingerprint density at radius 2 is 1.87 bits per heavy atom. The van der Waals surface area contributed by atoms with Crippen LogP contribution in [0.25, 0.3) is 0 Å². The van der Waals surface area contributed by atoms with Crippen LogP contribution in [0, 0.1) is 24.2 Å². The van der Waals surface area contributed by atoms with Gasteiger partial charge in [-0.2, -0.15) is 5.26 Å². The summed E-state index contributed by atoms with van der Waals surface area (Å²) in [4.78, 5) is 26.6. The Balaban J connectivity index is 1.65. The molecule has 0 fully saturated rings. The molecule has 1 aliphatic carbocycles. The van der Waals surface area contributed by atoms with Gasteiger partial charge in [0.2, 0.25) is 11.8 Å². The third-order valence-corrected chi connectivity index (χ3v) is 6.90. The van der Waals surface area contributed by atoms with E-state index in [1.54, 1.807) is 47.9 Å². The molecule has 4 rings (SSSR count). The lowest BCUT2D eigenvalue weighted by Gasteiger charge is -2.28. The van der Waals surface area contributed by atoms with Crippen LogP contribution in [0.4, 0.5) is 0 Å². The molecule has 9 nitrogen and oxygen atoms in total. The number of aliphatic hydroxyl groups is 1. The van der Waals surface area contributed by atoms with Crippen LogP contribution in [-0.4, -0.2) is 39.4 Å². The van der Waals surface area contributed by atoms with Crippen molar-refractivity contribution >= 4 is 11.8 Å². The number of nitrogens with zero attached hydrogens (tertiary/aromatic N) is 1. The molecule has 6 N–H and O–H groups in total. The van der Waals surface area contributed by atoms with Crippen LogP contribution in [0.1, 0.15) is 39.4 Å². The summed E-state index contributed by atoms with van der Waals surface area (Å²) in [6.45, 7) is 1.96. The van der Waals surface area contributed by atoms with Crippen LogP contribution in [0.3, 0.4) is 0 Å². The predicted molar refractivity (Wildman–Crippen MR) is 139 cm³/mol. The second kappa shape index (κ2) is 11.9. The van der Waals surface area contributed by atoms with Crippen LogP contribution >= 0.6 is 0 Å². The summed E-state index contributed by atoms with van der Waals surface area (Å²) in [5.41, 5.74) is 5.81. The number of nitriles is 1. The Labute approximate surface area is 220 Å². The van der Waals surface area contributed by atoms with Gasteiger partial charge in [0.05, 0.1) is 35.7 Å². The highest BCUT2D eigenvalue weighted by Gasteiger charge is 2.38. The Morgan fingerprint density at radius 3 is 2.61 bits per heavy atom. The lowest BCUT2D eigenvalue weighted by atomic mass is 9.89. The van der Waals surface area contributed by atoms with Gasteiger partial charge < -0.3 is 20.8 Å². The number of phenolic OH excluding ortho intramolecular Hbond substituents is 1. The highest BCUT2D eigenvalue weighted by Crippen LogP contribution is 2.32. The fraction of sp³-hybridized carbons (Fsp3) is 0.276. The van der Waals surface area contributed by atoms with Crippen molar-refractivity contribution in [3.63, 3.8) is 0 Å². The predicted octanol–water partition coefficient (Wildman–Crippen LogP) is 2.17. The average molecular weight is 515 g/mol. The first-order valence-corrected chi connectivity index (χ1v) is 12.3. The maximum Gasteiger partial charge on any atom is 0.248 e. The van der Waals surface area contributed by atoms with E-state index in [0.717, 1.165) is 22.3 Å². The number of hydrogen-bond donors (Lipinski definition) is 6. The average Bonchev–Trinajstić information content (AvgIpc) is 3.23. The molecule has 3 aromatic carbocycles. The van der Waals surface area contributed by atoms with Crippen molar-refractivity contribution in [2.45, 2.75) is 44.5 Å². The summed E-state index contributed by atoms with van der Waals surface area (Å²) in [7, 11) is 0. The first-order valence-electron chi connectivity index (χ1n) is 12.3. The summed E-state index contributed by atoms with van der Waals surface area (Å²) in [5.74, 6) is -2.51. The summed E-state index contributed by atoms with van der Waals surface area (Å²) in [6.07, 6.45) is -0.501. The number of hydrogen-bond acceptors (Lipinski definition) is 7. The van der Waals surface area contributed by atoms with Gasteiger partial charge in [0.25, 0.3) is 0 Å². The zero-order valence-corrected chi connectivity index (χ0v) is 20.9. The van der Waals surface area contributed by atoms with Crippen LogP contribution in [0.5, 0.6) is 5.75 Å². The molecule has 4 atom stereocenters. The van der Waals surface area contributed by atoms with Gasteiger partial charge in [0, 0.05) is 13.0 Å². The standard InChI is InChI=1S/C29H30N4O5/c1-17-9-10-21(24(34)11-17)13-23(28(36)33-38)27(31-16-19-6-4-5-18(12-19)15-30)29(37)32-26-22-8-3-2-7-20(22)14-25(26)35/h2-12,23,25-27,31,34-35,38H,13-14,16H2,1H3,(H,32,37)(H,33,36)/t23-,25+,26-,27+/m0/s1. The van der Waals surface area contributed by atoms with Gasteiger partial charge in [-0.1, -0.05) is 48.5 Å². The maximum atomic E-state index is 13.7. The molecule has 0 bridgehead atoms. The van der Waals surface area contributed by atoms with Crippen molar-refractivity contribution in [3.8, 4) is 11.8 Å². The Bertz CT molecular complexity index is 1370. The number of aryl methyl sites for hydroxylation is 1. The Morgan fingerprint density at radius 1 is 1.08 bits per heavy atom. The number of amides is 2. The molecule has 3 aromatic rings. The molecule has 0 saturated heterocycles. The molecule has 0 saturated carbocycles. The maximum absolute atomic E-state index is 13.7. The number of fused-ring (bicyclic) bond motifs is 1. The number of rotatable bonds is 9. The lowest BCUT2D eigenvalue weighted by Crippen LogP contribution is -2.54. The van der Waals surface area contributed by atoms with Crippen molar-refractivity contribution in [3.05, 3.63) is 100 Å². The smallest absolute Gasteiger partial charge is 0.248 e. The van der Waals surface area contributed by atoms with E-state index in [4.69, 9.17) is 0 Å². The number of hydroxylamine groups is 1. The lowest BCUT2D eigenvalue weighted by molar-refractivity contribution is -0.138. The largest absolute Gasteiger partial charge is 0.508 e. The molecule has 0 radical (unpaired) electrons. The van der Waals surface area contributed by atoms with Crippen molar-refractivity contribution in [1.82, 2.24) is 16.1 Å². The molecule has 2 amide bonds. The van der Waals surface area contributed by atoms with Crippen molar-refractivity contribution in [2.24, 2.45) is 5.92 Å². The van der Waals surface area contributed by atoms with Crippen LogP contribution in [0.15, 0.2) is 66.7 Å². The fourth-order valence-electron chi connectivity index (χ4n) is 4.92. The van der Waals surface area contributed by atoms with Crippen LogP contribution in [0.2, 0.25) is 0 Å². The zero-order valence-electron chi connectivity index (χ0n) is 20.9. The van der Waals surface area contributed by atoms with Gasteiger partial charge >= 0.3 is 0 Å². The minimum absolute atomic E-state index is 0.0261. The summed E-state index contributed by atoms with van der Waals surface area (Å²) in [5, 5.41) is 45.9. The third-order valence-electron chi connectivity index (χ3n) is 6.90. The van der Waals surface area contributed by atoms with Gasteiger partial charge in [-0.05, 0) is 59.4 Å². The van der Waals surface area contributed by atoms with Gasteiger partial charge in [-0.15, -0.1) is 0 Å². The quantitative estimate of drug-likeness (QED) is 0.189. The van der Waals surface area contributed by atoms with Crippen molar-refractivity contribution in [2.75, 3.05) is 0 Å². The number of aromatic hydroxyl groups is 1. The van der Waals surface area contributed by atoms with Crippen molar-refractivity contribution < 1.29 is 25.0 Å². The Hall–Kier alpha value is -4.23. The monoisotopic (exact) mass is 514 g/mol. The molecule has 1 aliphatic rings. The van der Waals surface area contributed by atoms with Gasteiger partial charge in [-0.3, -0.25) is 14.8 Å². The molecule has 38 heavy (non-hydrogen) atoms. The fourth-order valence-corrected chi connectivity index (χ4v) is 4.92. The highest BCUT2D eigenvalue weighted by molar-refractivity contribution is 5.90. The SMILES string of the molecule is Cc1ccc(C[C@H](C(=O)NO)[C@@H](NCc2cccc(C#N)c2)C(=O)N[C@H]2c3ccccc3C[C@H]2O)c(O)c1. The van der Waals surface area contributed by atoms with Gasteiger partial charge in [0.1, 0.15) is 5.75 Å². The number of aliphatic hydroxyl groups excluding tert-OH is 1. The second-order valence-electron chi connectivity index (χ2n) is 9.55. The molecular formula is C29H30N4O5. The van der Waals surface area contributed by atoms with E-state index in [1.165, 1.54) is 0 Å². The number of phenols is 1. The highest BCUT2D eigenvalue weighted by atomic mass is 16.5. The number of benzene rings is 3. The van der Waals surface area contributed by atoms with Crippen molar-refractivity contribution in [1.29, 1.82) is 5.26 Å². The minimum Gasteiger partial charge on any atom is -0.508 e. The van der Waals surface area contributed by atoms with Gasteiger partial charge in [0.15, 0.2) is 0 Å². The first kappa shape index (κ1) is 26.8. The minimum atomic E-state index is -1.16. The molecule has 0 heterocycles. The summed E-state index contributed by atoms with van der Waals surface area (Å²) in [6, 6.07) is 19.5. The normalized spacial score (nSPS) is 17.6. The Kier molecular flexibility index (Phi) is 8.38. The van der Waals surface area contributed by atoms with E-state index in [9.17, 15) is 30.3 Å². The molecule has 0 unspecified atom stereocenters. The van der Waals surface area contributed by atoms with Crippen LogP contribution in [-0.2, 0) is 29.0 Å². The number of carbonyl (C=O) groups excluding carboxylic acids is 2. The molecule has 0 aromatic heterocycles. The topological polar surface area (TPSA) is 155 Å². The molecule has 0 spiro atoms. The molecule has 9 heteroatoms. The number of nitrogens with one attached hydrogen (secondary N) is 3. The third kappa shape index (κ3) is 6.01. The van der Waals surface area contributed by atoms with Gasteiger partial charge in [-0.25, -0.2) is 5.48 Å². The molecule has 196 valence electrons. The zero-order chi connectivity index (χ0) is 27.2. The van der Waals surface area contributed by atoms with E-state index < -0.39 is 35.9 Å². The van der Waals surface area contributed by atoms with Crippen LogP contribution < -0.4 is 16.1 Å². The molecular weight excluding hydrogens is 484 g/mol. The van der Waals surface area contributed by atoms with E-state index in [-0.39, 0.29) is 18.7 Å². The summed E-state index contributed by atoms with van der Waals surface area (Å²) < 4.78 is 0. The molecule has 0 aliphatic heterocycles. The summed E-state index contributed by atoms with van der Waals surface area (Å²) >= 11 is 0. The second-order valence-corrected chi connectivity index (χ2v) is 9.55. The van der Waals surface area contributed by atoms with E-state index in [1.807, 2.05) is 31.2 Å². The van der Waals surface area contributed by atoms with E-state index >= 15 is 0 Å². The van der Waals surface area contributed by atoms with E-state index in [0.29, 0.717) is 17.5 Å².